The van der Waals surface area contributed by atoms with Gasteiger partial charge in [-0.15, -0.1) is 0 Å². The molecule has 4 nitrogen and oxygen atoms in total. The van der Waals surface area contributed by atoms with Crippen molar-refractivity contribution in [2.75, 3.05) is 6.54 Å². The quantitative estimate of drug-likeness (QED) is 0.686. The number of hydrogen-bond donors (Lipinski definition) is 2. The van der Waals surface area contributed by atoms with E-state index in [9.17, 15) is 0 Å². The summed E-state index contributed by atoms with van der Waals surface area (Å²) >= 11 is 0. The van der Waals surface area contributed by atoms with E-state index in [1.165, 1.54) is 22.2 Å². The van der Waals surface area contributed by atoms with E-state index in [1.807, 2.05) is 6.20 Å². The first-order valence-electron chi connectivity index (χ1n) is 6.55. The van der Waals surface area contributed by atoms with Crippen LogP contribution in [0.1, 0.15) is 11.3 Å². The predicted octanol–water partition coefficient (Wildman–Crippen LogP) is 2.23. The second-order valence-electron chi connectivity index (χ2n) is 4.79. The molecular formula is C15H18N4. The summed E-state index contributed by atoms with van der Waals surface area (Å²) in [7, 11) is 2.09. The molecule has 0 fully saturated rings. The van der Waals surface area contributed by atoms with Crippen LogP contribution in [0.4, 0.5) is 0 Å². The predicted molar refractivity (Wildman–Crippen MR) is 76.9 cm³/mol. The molecule has 0 bridgehead atoms. The Kier molecular flexibility index (Phi) is 3.33. The number of fused-ring (bicyclic) bond motifs is 1. The van der Waals surface area contributed by atoms with Crippen molar-refractivity contribution in [2.45, 2.75) is 13.0 Å². The Labute approximate surface area is 112 Å². The number of nitrogens with zero attached hydrogens (tertiary/aromatic N) is 2. The van der Waals surface area contributed by atoms with Gasteiger partial charge in [0.25, 0.3) is 0 Å². The first kappa shape index (κ1) is 12.0. The number of para-hydroxylation sites is 1. The lowest BCUT2D eigenvalue weighted by atomic mass is 10.2. The second-order valence-corrected chi connectivity index (χ2v) is 4.79. The van der Waals surface area contributed by atoms with Crippen molar-refractivity contribution < 1.29 is 0 Å². The summed E-state index contributed by atoms with van der Waals surface area (Å²) in [5.41, 5.74) is 3.81. The van der Waals surface area contributed by atoms with Gasteiger partial charge in [0, 0.05) is 55.5 Å². The van der Waals surface area contributed by atoms with Crippen LogP contribution < -0.4 is 5.32 Å². The minimum Gasteiger partial charge on any atom is -0.350 e. The minimum absolute atomic E-state index is 0.898. The van der Waals surface area contributed by atoms with Gasteiger partial charge in [0.15, 0.2) is 0 Å². The molecule has 2 N–H and O–H groups in total. The van der Waals surface area contributed by atoms with Crippen molar-refractivity contribution in [3.8, 4) is 0 Å². The molecule has 0 amide bonds. The largest absolute Gasteiger partial charge is 0.350 e. The van der Waals surface area contributed by atoms with Gasteiger partial charge in [0.1, 0.15) is 0 Å². The molecule has 3 rings (SSSR count). The van der Waals surface area contributed by atoms with E-state index in [-0.39, 0.29) is 0 Å². The molecule has 2 heterocycles. The highest BCUT2D eigenvalue weighted by molar-refractivity contribution is 5.83. The highest BCUT2D eigenvalue weighted by Crippen LogP contribution is 2.19. The minimum atomic E-state index is 0.898. The summed E-state index contributed by atoms with van der Waals surface area (Å²) in [6.07, 6.45) is 6.78. The van der Waals surface area contributed by atoms with Gasteiger partial charge in [0.05, 0.1) is 6.33 Å². The van der Waals surface area contributed by atoms with Crippen LogP contribution in [0.5, 0.6) is 0 Å². The highest BCUT2D eigenvalue weighted by Gasteiger charge is 2.04. The summed E-state index contributed by atoms with van der Waals surface area (Å²) in [5.74, 6) is 0. The number of hydrogen-bond acceptors (Lipinski definition) is 2. The molecule has 3 aromatic rings. The van der Waals surface area contributed by atoms with Gasteiger partial charge in [-0.2, -0.15) is 0 Å². The Balaban J connectivity index is 1.62. The number of imidazole rings is 1. The van der Waals surface area contributed by atoms with Crippen molar-refractivity contribution >= 4 is 10.9 Å². The lowest BCUT2D eigenvalue weighted by molar-refractivity contribution is 0.682. The third-order valence-electron chi connectivity index (χ3n) is 3.42. The Hall–Kier alpha value is -2.07. The van der Waals surface area contributed by atoms with Crippen LogP contribution in [0, 0.1) is 0 Å². The summed E-state index contributed by atoms with van der Waals surface area (Å²) in [4.78, 5) is 7.13. The van der Waals surface area contributed by atoms with E-state index >= 15 is 0 Å². The summed E-state index contributed by atoms with van der Waals surface area (Å²) in [5, 5.41) is 4.82. The number of H-pyrrole nitrogens is 1. The van der Waals surface area contributed by atoms with E-state index in [1.54, 1.807) is 6.33 Å². The van der Waals surface area contributed by atoms with Crippen LogP contribution in [0.3, 0.4) is 0 Å². The fourth-order valence-corrected chi connectivity index (χ4v) is 2.43. The maximum Gasteiger partial charge on any atom is 0.0921 e. The fraction of sp³-hybridized carbons (Fsp3) is 0.267. The maximum atomic E-state index is 4.02. The molecular weight excluding hydrogens is 236 g/mol. The van der Waals surface area contributed by atoms with Crippen LogP contribution in [0.25, 0.3) is 10.9 Å². The monoisotopic (exact) mass is 254 g/mol. The second kappa shape index (κ2) is 5.28. The third kappa shape index (κ3) is 2.53. The number of aromatic amines is 1. The molecule has 0 aliphatic carbocycles. The lowest BCUT2D eigenvalue weighted by Gasteiger charge is -2.02. The van der Waals surface area contributed by atoms with Crippen molar-refractivity contribution in [3.63, 3.8) is 0 Å². The van der Waals surface area contributed by atoms with Crippen molar-refractivity contribution in [2.24, 2.45) is 7.05 Å². The molecule has 0 aliphatic rings. The molecule has 0 spiro atoms. The van der Waals surface area contributed by atoms with Gasteiger partial charge < -0.3 is 14.9 Å². The van der Waals surface area contributed by atoms with E-state index in [4.69, 9.17) is 0 Å². The molecule has 0 atom stereocenters. The number of aryl methyl sites for hydroxylation is 1. The van der Waals surface area contributed by atoms with Crippen molar-refractivity contribution in [3.05, 3.63) is 54.2 Å². The van der Waals surface area contributed by atoms with Crippen LogP contribution in [-0.2, 0) is 20.0 Å². The first-order chi connectivity index (χ1) is 9.34. The van der Waals surface area contributed by atoms with Crippen LogP contribution in [0.2, 0.25) is 0 Å². The smallest absolute Gasteiger partial charge is 0.0921 e. The average Bonchev–Trinajstić information content (AvgIpc) is 3.04. The Morgan fingerprint density at radius 2 is 2.21 bits per heavy atom. The molecule has 2 aromatic heterocycles. The Morgan fingerprint density at radius 1 is 1.32 bits per heavy atom. The fourth-order valence-electron chi connectivity index (χ4n) is 2.43. The number of rotatable bonds is 5. The Morgan fingerprint density at radius 3 is 3.05 bits per heavy atom. The van der Waals surface area contributed by atoms with E-state index < -0.39 is 0 Å². The standard InChI is InChI=1S/C15H18N4/c1-19-10-12(14-4-2-3-5-15(14)19)8-16-7-6-13-9-17-11-18-13/h2-5,9-11,16H,6-8H2,1H3,(H,17,18). The summed E-state index contributed by atoms with van der Waals surface area (Å²) in [6, 6.07) is 8.51. The number of nitrogens with one attached hydrogen (secondary N) is 2. The van der Waals surface area contributed by atoms with E-state index in [0.717, 1.165) is 19.5 Å². The molecule has 0 unspecified atom stereocenters. The number of benzene rings is 1. The topological polar surface area (TPSA) is 45.6 Å². The van der Waals surface area contributed by atoms with Gasteiger partial charge in [-0.25, -0.2) is 4.98 Å². The summed E-state index contributed by atoms with van der Waals surface area (Å²) < 4.78 is 2.18. The normalized spacial score (nSPS) is 11.2. The SMILES string of the molecule is Cn1cc(CNCCc2cnc[nH]2)c2ccccc21. The first-order valence-corrected chi connectivity index (χ1v) is 6.55. The van der Waals surface area contributed by atoms with Gasteiger partial charge in [-0.05, 0) is 11.6 Å². The molecule has 0 saturated heterocycles. The molecule has 0 radical (unpaired) electrons. The zero-order chi connectivity index (χ0) is 13.1. The highest BCUT2D eigenvalue weighted by atomic mass is 14.9. The van der Waals surface area contributed by atoms with Crippen LogP contribution in [0.15, 0.2) is 43.0 Å². The number of aromatic nitrogens is 3. The molecule has 19 heavy (non-hydrogen) atoms. The maximum absolute atomic E-state index is 4.02. The zero-order valence-corrected chi connectivity index (χ0v) is 11.1. The van der Waals surface area contributed by atoms with E-state index in [2.05, 4.69) is 57.4 Å². The van der Waals surface area contributed by atoms with Crippen LogP contribution >= 0.6 is 0 Å². The molecule has 0 aliphatic heterocycles. The lowest BCUT2D eigenvalue weighted by Crippen LogP contribution is -2.16. The average molecular weight is 254 g/mol. The van der Waals surface area contributed by atoms with Crippen molar-refractivity contribution in [1.82, 2.24) is 19.9 Å². The third-order valence-corrected chi connectivity index (χ3v) is 3.42. The molecule has 4 heteroatoms. The zero-order valence-electron chi connectivity index (χ0n) is 11.1. The molecule has 1 aromatic carbocycles. The Bertz CT molecular complexity index is 652. The summed E-state index contributed by atoms with van der Waals surface area (Å²) in [6.45, 7) is 1.85. The van der Waals surface area contributed by atoms with Crippen molar-refractivity contribution in [1.29, 1.82) is 0 Å². The van der Waals surface area contributed by atoms with Gasteiger partial charge in [-0.3, -0.25) is 0 Å². The molecule has 0 saturated carbocycles. The van der Waals surface area contributed by atoms with E-state index in [0.29, 0.717) is 0 Å². The van der Waals surface area contributed by atoms with Crippen LogP contribution in [-0.4, -0.2) is 21.1 Å². The van der Waals surface area contributed by atoms with Gasteiger partial charge in [-0.1, -0.05) is 18.2 Å². The molecule has 98 valence electrons. The van der Waals surface area contributed by atoms with Gasteiger partial charge in [0.2, 0.25) is 0 Å². The van der Waals surface area contributed by atoms with Gasteiger partial charge >= 0.3 is 0 Å².